The summed E-state index contributed by atoms with van der Waals surface area (Å²) in [6, 6.07) is 7.68. The van der Waals surface area contributed by atoms with Crippen molar-refractivity contribution in [3.63, 3.8) is 0 Å². The van der Waals surface area contributed by atoms with E-state index in [-0.39, 0.29) is 11.8 Å². The molecule has 1 aliphatic carbocycles. The molecule has 1 amide bonds. The van der Waals surface area contributed by atoms with Crippen LogP contribution >= 0.6 is 0 Å². The Kier molecular flexibility index (Phi) is 5.97. The zero-order valence-electron chi connectivity index (χ0n) is 15.6. The molecule has 1 saturated heterocycles. The van der Waals surface area contributed by atoms with Crippen molar-refractivity contribution in [3.8, 4) is 0 Å². The highest BCUT2D eigenvalue weighted by Gasteiger charge is 2.26. The van der Waals surface area contributed by atoms with Crippen molar-refractivity contribution in [2.45, 2.75) is 39.2 Å². The number of nitrogens with zero attached hydrogens (tertiary/aromatic N) is 2. The highest BCUT2D eigenvalue weighted by atomic mass is 16.2. The molecule has 2 fully saturated rings. The van der Waals surface area contributed by atoms with Gasteiger partial charge in [-0.25, -0.2) is 0 Å². The molecule has 138 valence electrons. The highest BCUT2D eigenvalue weighted by molar-refractivity contribution is 5.95. The quantitative estimate of drug-likeness (QED) is 0.798. The average molecular weight is 345 g/mol. The summed E-state index contributed by atoms with van der Waals surface area (Å²) in [5.41, 5.74) is 8.05. The number of benzene rings is 1. The molecular weight excluding hydrogens is 312 g/mol. The van der Waals surface area contributed by atoms with Gasteiger partial charge < -0.3 is 16.0 Å². The van der Waals surface area contributed by atoms with E-state index in [2.05, 4.69) is 34.2 Å². The molecule has 5 nitrogen and oxygen atoms in total. The molecule has 25 heavy (non-hydrogen) atoms. The molecule has 0 bridgehead atoms. The Hall–Kier alpha value is -1.59. The van der Waals surface area contributed by atoms with Crippen LogP contribution in [0.15, 0.2) is 24.3 Å². The summed E-state index contributed by atoms with van der Waals surface area (Å²) < 4.78 is 0. The van der Waals surface area contributed by atoms with E-state index in [9.17, 15) is 4.79 Å². The van der Waals surface area contributed by atoms with Crippen LogP contribution in [-0.4, -0.2) is 49.6 Å². The van der Waals surface area contributed by atoms with Crippen molar-refractivity contribution in [1.29, 1.82) is 0 Å². The number of rotatable bonds is 7. The lowest BCUT2D eigenvalue weighted by atomic mass is 9.99. The molecule has 0 radical (unpaired) electrons. The maximum Gasteiger partial charge on any atom is 0.241 e. The van der Waals surface area contributed by atoms with E-state index in [0.717, 1.165) is 44.2 Å². The van der Waals surface area contributed by atoms with Crippen LogP contribution in [0.3, 0.4) is 0 Å². The molecular formula is C20H32N4O. The predicted octanol–water partition coefficient (Wildman–Crippen LogP) is 2.53. The number of hydrogen-bond donors (Lipinski definition) is 2. The monoisotopic (exact) mass is 344 g/mol. The van der Waals surface area contributed by atoms with Gasteiger partial charge in [0.2, 0.25) is 5.91 Å². The van der Waals surface area contributed by atoms with Gasteiger partial charge in [0.25, 0.3) is 0 Å². The Morgan fingerprint density at radius 1 is 1.28 bits per heavy atom. The second-order valence-electron chi connectivity index (χ2n) is 7.68. The lowest BCUT2D eigenvalue weighted by Crippen LogP contribution is -2.47. The van der Waals surface area contributed by atoms with Gasteiger partial charge in [0.1, 0.15) is 0 Å². The summed E-state index contributed by atoms with van der Waals surface area (Å²) in [7, 11) is 0. The first-order valence-electron chi connectivity index (χ1n) is 9.70. The Balaban J connectivity index is 1.55. The second-order valence-corrected chi connectivity index (χ2v) is 7.68. The lowest BCUT2D eigenvalue weighted by molar-refractivity contribution is -0.118. The van der Waals surface area contributed by atoms with Crippen molar-refractivity contribution in [2.24, 2.45) is 17.6 Å². The minimum absolute atomic E-state index is 0.0965. The number of anilines is 2. The van der Waals surface area contributed by atoms with Crippen LogP contribution in [0.4, 0.5) is 11.4 Å². The van der Waals surface area contributed by atoms with Gasteiger partial charge >= 0.3 is 0 Å². The molecule has 2 aliphatic rings. The fourth-order valence-corrected chi connectivity index (χ4v) is 3.37. The SMILES string of the molecule is CCC(C)C(N)C(=O)Nc1cccc(N2CCN(CC3CC3)CC2)c1. The predicted molar refractivity (Wildman–Crippen MR) is 104 cm³/mol. The number of nitrogens with one attached hydrogen (secondary N) is 1. The topological polar surface area (TPSA) is 61.6 Å². The molecule has 1 aromatic rings. The van der Waals surface area contributed by atoms with Crippen LogP contribution in [0.2, 0.25) is 0 Å². The summed E-state index contributed by atoms with van der Waals surface area (Å²) in [6.07, 6.45) is 3.74. The van der Waals surface area contributed by atoms with E-state index in [0.29, 0.717) is 0 Å². The number of amides is 1. The number of nitrogens with two attached hydrogens (primary N) is 1. The van der Waals surface area contributed by atoms with Crippen molar-refractivity contribution in [1.82, 2.24) is 4.90 Å². The van der Waals surface area contributed by atoms with Crippen LogP contribution in [0, 0.1) is 11.8 Å². The maximum atomic E-state index is 12.3. The minimum atomic E-state index is -0.459. The molecule has 5 heteroatoms. The first kappa shape index (κ1) is 18.2. The van der Waals surface area contributed by atoms with Crippen molar-refractivity contribution in [2.75, 3.05) is 42.9 Å². The van der Waals surface area contributed by atoms with Crippen LogP contribution in [0.1, 0.15) is 33.1 Å². The molecule has 1 aliphatic heterocycles. The zero-order valence-corrected chi connectivity index (χ0v) is 15.6. The number of hydrogen-bond acceptors (Lipinski definition) is 4. The van der Waals surface area contributed by atoms with E-state index in [1.165, 1.54) is 25.1 Å². The first-order valence-corrected chi connectivity index (χ1v) is 9.70. The van der Waals surface area contributed by atoms with Crippen molar-refractivity contribution >= 4 is 17.3 Å². The third kappa shape index (κ3) is 4.95. The molecule has 1 heterocycles. The van der Waals surface area contributed by atoms with Crippen LogP contribution < -0.4 is 16.0 Å². The molecule has 2 unspecified atom stereocenters. The van der Waals surface area contributed by atoms with Gasteiger partial charge in [0.15, 0.2) is 0 Å². The van der Waals surface area contributed by atoms with Crippen LogP contribution in [0.5, 0.6) is 0 Å². The zero-order chi connectivity index (χ0) is 17.8. The molecule has 1 aromatic carbocycles. The minimum Gasteiger partial charge on any atom is -0.369 e. The summed E-state index contributed by atoms with van der Waals surface area (Å²) >= 11 is 0. The summed E-state index contributed by atoms with van der Waals surface area (Å²) in [4.78, 5) is 17.3. The normalized spacial score (nSPS) is 21.0. The molecule has 2 atom stereocenters. The summed E-state index contributed by atoms with van der Waals surface area (Å²) in [5, 5.41) is 2.98. The fraction of sp³-hybridized carbons (Fsp3) is 0.650. The lowest BCUT2D eigenvalue weighted by Gasteiger charge is -2.36. The Morgan fingerprint density at radius 3 is 2.64 bits per heavy atom. The molecule has 1 saturated carbocycles. The maximum absolute atomic E-state index is 12.3. The smallest absolute Gasteiger partial charge is 0.241 e. The Morgan fingerprint density at radius 2 is 2.00 bits per heavy atom. The largest absolute Gasteiger partial charge is 0.369 e. The standard InChI is InChI=1S/C20H32N4O/c1-3-15(2)19(21)20(25)22-17-5-4-6-18(13-17)24-11-9-23(10-12-24)14-16-7-8-16/h4-6,13,15-16,19H,3,7-12,14,21H2,1-2H3,(H,22,25). The van der Waals surface area contributed by atoms with Gasteiger partial charge in [0.05, 0.1) is 6.04 Å². The number of piperazine rings is 1. The van der Waals surface area contributed by atoms with Gasteiger partial charge in [-0.3, -0.25) is 9.69 Å². The molecule has 3 N–H and O–H groups in total. The van der Waals surface area contributed by atoms with Gasteiger partial charge in [-0.1, -0.05) is 26.3 Å². The van der Waals surface area contributed by atoms with Crippen LogP contribution in [0.25, 0.3) is 0 Å². The van der Waals surface area contributed by atoms with Gasteiger partial charge in [-0.15, -0.1) is 0 Å². The van der Waals surface area contributed by atoms with E-state index in [1.807, 2.05) is 19.1 Å². The summed E-state index contributed by atoms with van der Waals surface area (Å²) in [6.45, 7) is 9.71. The van der Waals surface area contributed by atoms with Crippen molar-refractivity contribution in [3.05, 3.63) is 24.3 Å². The Labute approximate surface area is 151 Å². The molecule has 0 spiro atoms. The second kappa shape index (κ2) is 8.19. The van der Waals surface area contributed by atoms with E-state index < -0.39 is 6.04 Å². The van der Waals surface area contributed by atoms with Gasteiger partial charge in [0, 0.05) is 44.1 Å². The van der Waals surface area contributed by atoms with Gasteiger partial charge in [-0.2, -0.15) is 0 Å². The number of carbonyl (C=O) groups excluding carboxylic acids is 1. The fourth-order valence-electron chi connectivity index (χ4n) is 3.37. The van der Waals surface area contributed by atoms with Gasteiger partial charge in [-0.05, 0) is 42.9 Å². The van der Waals surface area contributed by atoms with Crippen molar-refractivity contribution < 1.29 is 4.79 Å². The highest BCUT2D eigenvalue weighted by Crippen LogP contribution is 2.30. The van der Waals surface area contributed by atoms with E-state index >= 15 is 0 Å². The third-order valence-electron chi connectivity index (χ3n) is 5.62. The molecule has 0 aromatic heterocycles. The summed E-state index contributed by atoms with van der Waals surface area (Å²) in [5.74, 6) is 1.04. The molecule has 3 rings (SSSR count). The van der Waals surface area contributed by atoms with E-state index in [4.69, 9.17) is 5.73 Å². The van der Waals surface area contributed by atoms with E-state index in [1.54, 1.807) is 0 Å². The average Bonchev–Trinajstić information content (AvgIpc) is 3.45. The number of carbonyl (C=O) groups is 1. The first-order chi connectivity index (χ1) is 12.1. The Bertz CT molecular complexity index is 579. The third-order valence-corrected chi connectivity index (χ3v) is 5.62. The van der Waals surface area contributed by atoms with Crippen LogP contribution in [-0.2, 0) is 4.79 Å².